The maximum Gasteiger partial charge on any atom is 0.146 e. The molecular weight excluding hydrogens is 583 g/mol. The normalized spacial score (nSPS) is 13.8. The molecular formula is C45H29N3. The van der Waals surface area contributed by atoms with Gasteiger partial charge in [-0.25, -0.2) is 4.98 Å². The third-order valence-electron chi connectivity index (χ3n) is 11.1. The fourth-order valence-electron chi connectivity index (χ4n) is 9.36. The second-order valence-corrected chi connectivity index (χ2v) is 13.1. The molecule has 0 atom stereocenters. The van der Waals surface area contributed by atoms with Crippen molar-refractivity contribution >= 4 is 60.2 Å². The molecule has 4 heterocycles. The van der Waals surface area contributed by atoms with Crippen molar-refractivity contribution in [2.45, 2.75) is 12.8 Å². The first-order valence-electron chi connectivity index (χ1n) is 16.3. The molecule has 1 spiro atoms. The SMILES string of the molecule is C.c1ccc2c(c1)-c1ccccc1C21c2ccccc2-n2c3cc4c(cc3c3cccc1c32)c1ccccc1n1c2ccccc2nc41. The van der Waals surface area contributed by atoms with E-state index in [9.17, 15) is 0 Å². The summed E-state index contributed by atoms with van der Waals surface area (Å²) in [4.78, 5) is 5.25. The van der Waals surface area contributed by atoms with Gasteiger partial charge in [-0.2, -0.15) is 0 Å². The summed E-state index contributed by atoms with van der Waals surface area (Å²) in [6, 6.07) is 56.2. The second kappa shape index (κ2) is 8.78. The lowest BCUT2D eigenvalue weighted by atomic mass is 9.65. The molecule has 12 rings (SSSR count). The molecule has 3 heteroatoms. The summed E-state index contributed by atoms with van der Waals surface area (Å²) in [5, 5.41) is 6.20. The highest BCUT2D eigenvalue weighted by Gasteiger charge is 2.50. The van der Waals surface area contributed by atoms with E-state index in [2.05, 4.69) is 161 Å². The zero-order valence-corrected chi connectivity index (χ0v) is 25.3. The molecule has 0 saturated carbocycles. The van der Waals surface area contributed by atoms with Gasteiger partial charge in [0.15, 0.2) is 0 Å². The Morgan fingerprint density at radius 1 is 0.438 bits per heavy atom. The van der Waals surface area contributed by atoms with E-state index in [4.69, 9.17) is 4.98 Å². The molecule has 0 unspecified atom stereocenters. The number of imidazole rings is 1. The quantitative estimate of drug-likeness (QED) is 0.156. The number of hydrogen-bond acceptors (Lipinski definition) is 1. The zero-order chi connectivity index (χ0) is 30.4. The molecule has 0 bridgehead atoms. The summed E-state index contributed by atoms with van der Waals surface area (Å²) in [5.41, 5.74) is 15.7. The highest BCUT2D eigenvalue weighted by molar-refractivity contribution is 6.22. The van der Waals surface area contributed by atoms with Crippen LogP contribution in [0.2, 0.25) is 0 Å². The molecule has 0 saturated heterocycles. The van der Waals surface area contributed by atoms with Crippen LogP contribution in [0.5, 0.6) is 0 Å². The van der Waals surface area contributed by atoms with Gasteiger partial charge in [0.2, 0.25) is 0 Å². The first-order chi connectivity index (χ1) is 23.3. The summed E-state index contributed by atoms with van der Waals surface area (Å²) < 4.78 is 4.89. The molecule has 1 aliphatic heterocycles. The third kappa shape index (κ3) is 2.78. The first kappa shape index (κ1) is 25.9. The third-order valence-corrected chi connectivity index (χ3v) is 11.1. The van der Waals surface area contributed by atoms with Crippen molar-refractivity contribution in [2.75, 3.05) is 0 Å². The minimum atomic E-state index is -0.409. The molecule has 2 aliphatic rings. The second-order valence-electron chi connectivity index (χ2n) is 13.1. The van der Waals surface area contributed by atoms with Crippen molar-refractivity contribution in [3.05, 3.63) is 174 Å². The number of benzene rings is 7. The molecule has 0 fully saturated rings. The minimum Gasteiger partial charge on any atom is -0.309 e. The number of para-hydroxylation sites is 5. The van der Waals surface area contributed by atoms with E-state index in [0.29, 0.717) is 0 Å². The number of nitrogens with zero attached hydrogens (tertiary/aromatic N) is 3. The lowest BCUT2D eigenvalue weighted by molar-refractivity contribution is 0.748. The first-order valence-corrected chi connectivity index (χ1v) is 16.3. The minimum absolute atomic E-state index is 0. The van der Waals surface area contributed by atoms with Crippen molar-refractivity contribution < 1.29 is 0 Å². The smallest absolute Gasteiger partial charge is 0.146 e. The largest absolute Gasteiger partial charge is 0.309 e. The summed E-state index contributed by atoms with van der Waals surface area (Å²) in [6.45, 7) is 0. The summed E-state index contributed by atoms with van der Waals surface area (Å²) in [6.07, 6.45) is 0. The molecule has 1 aliphatic carbocycles. The fraction of sp³-hybridized carbons (Fsp3) is 0.0444. The Hall–Kier alpha value is -6.19. The lowest BCUT2D eigenvalue weighted by Gasteiger charge is -2.39. The Labute approximate surface area is 276 Å². The summed E-state index contributed by atoms with van der Waals surface area (Å²) in [7, 11) is 0. The van der Waals surface area contributed by atoms with Gasteiger partial charge in [-0.1, -0.05) is 123 Å². The van der Waals surface area contributed by atoms with Crippen LogP contribution in [0.25, 0.3) is 77.0 Å². The number of hydrogen-bond donors (Lipinski definition) is 0. The van der Waals surface area contributed by atoms with Crippen LogP contribution >= 0.6 is 0 Å². The van der Waals surface area contributed by atoms with Gasteiger partial charge in [-0.15, -0.1) is 0 Å². The maximum absolute atomic E-state index is 5.25. The van der Waals surface area contributed by atoms with Gasteiger partial charge in [-0.05, 0) is 75.2 Å². The Morgan fingerprint density at radius 3 is 1.88 bits per heavy atom. The number of pyridine rings is 1. The van der Waals surface area contributed by atoms with E-state index in [0.717, 1.165) is 16.7 Å². The molecule has 0 radical (unpaired) electrons. The van der Waals surface area contributed by atoms with Gasteiger partial charge in [0.1, 0.15) is 5.65 Å². The zero-order valence-electron chi connectivity index (χ0n) is 25.3. The van der Waals surface area contributed by atoms with Crippen LogP contribution in [-0.4, -0.2) is 14.0 Å². The van der Waals surface area contributed by atoms with Gasteiger partial charge < -0.3 is 4.57 Å². The molecule has 224 valence electrons. The number of rotatable bonds is 0. The molecule has 3 nitrogen and oxygen atoms in total. The Balaban J connectivity index is 0.00000280. The van der Waals surface area contributed by atoms with Gasteiger partial charge in [0, 0.05) is 21.5 Å². The monoisotopic (exact) mass is 611 g/mol. The molecule has 0 amide bonds. The highest BCUT2D eigenvalue weighted by atomic mass is 15.0. The molecule has 0 N–H and O–H groups in total. The molecule has 48 heavy (non-hydrogen) atoms. The van der Waals surface area contributed by atoms with Gasteiger partial charge in [-0.3, -0.25) is 4.40 Å². The topological polar surface area (TPSA) is 22.2 Å². The molecule has 7 aromatic carbocycles. The molecule has 10 aromatic rings. The van der Waals surface area contributed by atoms with E-state index in [1.54, 1.807) is 0 Å². The van der Waals surface area contributed by atoms with Crippen molar-refractivity contribution in [3.63, 3.8) is 0 Å². The van der Waals surface area contributed by atoms with E-state index >= 15 is 0 Å². The summed E-state index contributed by atoms with van der Waals surface area (Å²) in [5.74, 6) is 0. The van der Waals surface area contributed by atoms with Crippen LogP contribution in [0.4, 0.5) is 0 Å². The number of aromatic nitrogens is 3. The van der Waals surface area contributed by atoms with Crippen LogP contribution < -0.4 is 0 Å². The standard InChI is InChI=1S/C44H25N3.CH4/c1-4-16-33-26(12-1)27-13-2-5-17-34(27)44(33)35-18-6-9-22-39(35)46-41-25-32-30(24-31(41)29-15-11-19-36(44)42(29)46)28-14-3-8-21-38(28)47-40-23-10-7-20-37(40)45-43(32)47;/h1-25H;1H4. The van der Waals surface area contributed by atoms with Gasteiger partial charge >= 0.3 is 0 Å². The van der Waals surface area contributed by atoms with Crippen molar-refractivity contribution in [3.8, 4) is 16.8 Å². The fourth-order valence-corrected chi connectivity index (χ4v) is 9.36. The Bertz CT molecular complexity index is 2980. The van der Waals surface area contributed by atoms with Gasteiger partial charge in [0.05, 0.1) is 38.7 Å². The van der Waals surface area contributed by atoms with Crippen LogP contribution in [-0.2, 0) is 5.41 Å². The van der Waals surface area contributed by atoms with Gasteiger partial charge in [0.25, 0.3) is 0 Å². The maximum atomic E-state index is 5.25. The van der Waals surface area contributed by atoms with Crippen molar-refractivity contribution in [1.29, 1.82) is 0 Å². The average molecular weight is 612 g/mol. The van der Waals surface area contributed by atoms with Crippen LogP contribution in [0, 0.1) is 0 Å². The molecule has 3 aromatic heterocycles. The highest BCUT2D eigenvalue weighted by Crippen LogP contribution is 2.61. The van der Waals surface area contributed by atoms with Crippen molar-refractivity contribution in [1.82, 2.24) is 14.0 Å². The predicted octanol–water partition coefficient (Wildman–Crippen LogP) is 11.2. The van der Waals surface area contributed by atoms with Crippen LogP contribution in [0.15, 0.2) is 152 Å². The van der Waals surface area contributed by atoms with Crippen LogP contribution in [0.3, 0.4) is 0 Å². The van der Waals surface area contributed by atoms with E-state index in [1.165, 1.54) is 82.5 Å². The summed E-state index contributed by atoms with van der Waals surface area (Å²) >= 11 is 0. The van der Waals surface area contributed by atoms with E-state index in [1.807, 2.05) is 0 Å². The predicted molar refractivity (Wildman–Crippen MR) is 200 cm³/mol. The van der Waals surface area contributed by atoms with Crippen LogP contribution in [0.1, 0.15) is 29.7 Å². The lowest BCUT2D eigenvalue weighted by Crippen LogP contribution is -2.33. The Kier molecular flexibility index (Phi) is 4.75. The van der Waals surface area contributed by atoms with E-state index < -0.39 is 5.41 Å². The average Bonchev–Trinajstić information content (AvgIpc) is 3.78. The van der Waals surface area contributed by atoms with E-state index in [-0.39, 0.29) is 7.43 Å². The van der Waals surface area contributed by atoms with Crippen molar-refractivity contribution in [2.24, 2.45) is 0 Å². The Morgan fingerprint density at radius 2 is 1.06 bits per heavy atom. The number of fused-ring (bicyclic) bond motifs is 20.